The number of esters is 1. The molecule has 0 aromatic heterocycles. The third-order valence-corrected chi connectivity index (χ3v) is 3.58. The molecule has 0 heterocycles. The molecule has 0 saturated carbocycles. The van der Waals surface area contributed by atoms with Crippen molar-refractivity contribution in [2.45, 2.75) is 46.5 Å². The first-order valence-electron chi connectivity index (χ1n) is 6.77. The smallest absolute Gasteiger partial charge is 0.464 e. The average Bonchev–Trinajstić information content (AvgIpc) is 2.38. The summed E-state index contributed by atoms with van der Waals surface area (Å²) >= 11 is 0. The van der Waals surface area contributed by atoms with Crippen molar-refractivity contribution in [1.29, 1.82) is 0 Å². The third kappa shape index (κ3) is 10.1. The Balaban J connectivity index is 4.22. The quantitative estimate of drug-likeness (QED) is 0.312. The van der Waals surface area contributed by atoms with Crippen molar-refractivity contribution >= 4 is 13.8 Å². The second-order valence-electron chi connectivity index (χ2n) is 3.90. The Bertz CT molecular complexity index is 267. The highest BCUT2D eigenvalue weighted by atomic mass is 31.2. The maximum absolute atomic E-state index is 12.2. The van der Waals surface area contributed by atoms with Gasteiger partial charge >= 0.3 is 13.8 Å². The molecule has 0 bridgehead atoms. The molecule has 0 aliphatic rings. The van der Waals surface area contributed by atoms with Crippen molar-refractivity contribution < 1.29 is 27.7 Å². The van der Waals surface area contributed by atoms with Crippen LogP contribution >= 0.6 is 7.82 Å². The summed E-state index contributed by atoms with van der Waals surface area (Å²) in [5.41, 5.74) is 0. The zero-order valence-electron chi connectivity index (χ0n) is 12.1. The van der Waals surface area contributed by atoms with Gasteiger partial charge in [0.15, 0.2) is 6.61 Å². The van der Waals surface area contributed by atoms with Crippen molar-refractivity contribution in [1.82, 2.24) is 0 Å². The fraction of sp³-hybridized carbons (Fsp3) is 0.917. The number of hydrogen-bond donors (Lipinski definition) is 0. The topological polar surface area (TPSA) is 71.1 Å². The summed E-state index contributed by atoms with van der Waals surface area (Å²) in [5, 5.41) is 0. The summed E-state index contributed by atoms with van der Waals surface area (Å²) in [7, 11) is -3.66. The van der Waals surface area contributed by atoms with Crippen LogP contribution in [0.2, 0.25) is 0 Å². The molecule has 0 N–H and O–H groups in total. The van der Waals surface area contributed by atoms with E-state index < -0.39 is 20.4 Å². The lowest BCUT2D eigenvalue weighted by Gasteiger charge is -2.17. The van der Waals surface area contributed by atoms with Crippen molar-refractivity contribution in [3.8, 4) is 0 Å². The van der Waals surface area contributed by atoms with E-state index in [1.54, 1.807) is 6.92 Å². The van der Waals surface area contributed by atoms with Gasteiger partial charge in [0.1, 0.15) is 0 Å². The van der Waals surface area contributed by atoms with Crippen LogP contribution in [-0.4, -0.2) is 32.4 Å². The van der Waals surface area contributed by atoms with Gasteiger partial charge in [-0.2, -0.15) is 0 Å². The van der Waals surface area contributed by atoms with Gasteiger partial charge < -0.3 is 4.74 Å². The lowest BCUT2D eigenvalue weighted by atomic mass is 10.4. The summed E-state index contributed by atoms with van der Waals surface area (Å²) in [4.78, 5) is 11.2. The van der Waals surface area contributed by atoms with Gasteiger partial charge in [-0.05, 0) is 19.8 Å². The molecule has 0 fully saturated rings. The Hall–Kier alpha value is -0.420. The molecule has 0 spiro atoms. The van der Waals surface area contributed by atoms with Crippen LogP contribution < -0.4 is 0 Å². The maximum Gasteiger partial charge on any atom is 0.475 e. The Kier molecular flexibility index (Phi) is 11.2. The summed E-state index contributed by atoms with van der Waals surface area (Å²) in [6.07, 6.45) is 3.33. The fourth-order valence-electron chi connectivity index (χ4n) is 1.09. The largest absolute Gasteiger partial charge is 0.475 e. The zero-order chi connectivity index (χ0) is 14.6. The van der Waals surface area contributed by atoms with Gasteiger partial charge in [-0.3, -0.25) is 13.6 Å². The van der Waals surface area contributed by atoms with E-state index in [0.717, 1.165) is 25.7 Å². The highest BCUT2D eigenvalue weighted by Crippen LogP contribution is 2.49. The minimum atomic E-state index is -3.66. The second kappa shape index (κ2) is 11.4. The Labute approximate surface area is 115 Å². The Morgan fingerprint density at radius 2 is 1.47 bits per heavy atom. The van der Waals surface area contributed by atoms with Crippen LogP contribution in [0.3, 0.4) is 0 Å². The molecule has 0 unspecified atom stereocenters. The summed E-state index contributed by atoms with van der Waals surface area (Å²) < 4.78 is 32.2. The minimum absolute atomic E-state index is 0.250. The maximum atomic E-state index is 12.2. The van der Waals surface area contributed by atoms with Crippen LogP contribution in [0.15, 0.2) is 0 Å². The van der Waals surface area contributed by atoms with E-state index in [2.05, 4.69) is 0 Å². The number of ether oxygens (including phenoxy) is 1. The van der Waals surface area contributed by atoms with Gasteiger partial charge in [0.2, 0.25) is 0 Å². The number of carbonyl (C=O) groups is 1. The van der Waals surface area contributed by atoms with Gasteiger partial charge in [-0.1, -0.05) is 26.7 Å². The molecular formula is C12H25O6P. The lowest BCUT2D eigenvalue weighted by Crippen LogP contribution is -2.13. The van der Waals surface area contributed by atoms with Crippen LogP contribution in [0.4, 0.5) is 0 Å². The van der Waals surface area contributed by atoms with Crippen LogP contribution in [0.25, 0.3) is 0 Å². The monoisotopic (exact) mass is 296 g/mol. The first kappa shape index (κ1) is 18.6. The minimum Gasteiger partial charge on any atom is -0.464 e. The number of phosphoric ester groups is 1. The van der Waals surface area contributed by atoms with Crippen LogP contribution in [0.1, 0.15) is 46.5 Å². The van der Waals surface area contributed by atoms with E-state index in [1.807, 2.05) is 13.8 Å². The molecular weight excluding hydrogens is 271 g/mol. The molecule has 0 aliphatic carbocycles. The van der Waals surface area contributed by atoms with Gasteiger partial charge in [0.25, 0.3) is 0 Å². The van der Waals surface area contributed by atoms with Gasteiger partial charge in [0.05, 0.1) is 19.8 Å². The zero-order valence-corrected chi connectivity index (χ0v) is 12.9. The van der Waals surface area contributed by atoms with Crippen molar-refractivity contribution in [2.24, 2.45) is 0 Å². The molecule has 0 radical (unpaired) electrons. The van der Waals surface area contributed by atoms with E-state index in [0.29, 0.717) is 0 Å². The van der Waals surface area contributed by atoms with Crippen molar-refractivity contribution in [3.63, 3.8) is 0 Å². The fourth-order valence-corrected chi connectivity index (χ4v) is 2.28. The first-order valence-corrected chi connectivity index (χ1v) is 8.23. The highest BCUT2D eigenvalue weighted by Gasteiger charge is 2.27. The summed E-state index contributed by atoms with van der Waals surface area (Å²) in [5.74, 6) is -0.582. The van der Waals surface area contributed by atoms with Crippen LogP contribution in [-0.2, 0) is 27.7 Å². The first-order chi connectivity index (χ1) is 9.08. The van der Waals surface area contributed by atoms with Crippen LogP contribution in [0, 0.1) is 0 Å². The standard InChI is InChI=1S/C12H25O6P/c1-4-7-9-16-19(14,17-10-8-5-2)18-11-12(13)15-6-3/h4-11H2,1-3H3. The van der Waals surface area contributed by atoms with Crippen molar-refractivity contribution in [2.75, 3.05) is 26.4 Å². The lowest BCUT2D eigenvalue weighted by molar-refractivity contribution is -0.146. The average molecular weight is 296 g/mol. The SMILES string of the molecule is CCCCOP(=O)(OCCCC)OCC(=O)OCC. The van der Waals surface area contributed by atoms with Crippen molar-refractivity contribution in [3.05, 3.63) is 0 Å². The molecule has 114 valence electrons. The number of rotatable bonds is 12. The number of carbonyl (C=O) groups excluding carboxylic acids is 1. The normalized spacial score (nSPS) is 11.5. The number of unbranched alkanes of at least 4 members (excludes halogenated alkanes) is 2. The van der Waals surface area contributed by atoms with E-state index in [9.17, 15) is 9.36 Å². The summed E-state index contributed by atoms with van der Waals surface area (Å²) in [6, 6.07) is 0. The van der Waals surface area contributed by atoms with Gasteiger partial charge in [0, 0.05) is 0 Å². The van der Waals surface area contributed by atoms with E-state index >= 15 is 0 Å². The predicted octanol–water partition coefficient (Wildman–Crippen LogP) is 3.31. The van der Waals surface area contributed by atoms with Gasteiger partial charge in [-0.15, -0.1) is 0 Å². The van der Waals surface area contributed by atoms with E-state index in [-0.39, 0.29) is 19.8 Å². The van der Waals surface area contributed by atoms with E-state index in [1.165, 1.54) is 0 Å². The van der Waals surface area contributed by atoms with Gasteiger partial charge in [-0.25, -0.2) is 9.36 Å². The second-order valence-corrected chi connectivity index (χ2v) is 5.57. The molecule has 0 rings (SSSR count). The molecule has 0 saturated heterocycles. The third-order valence-electron chi connectivity index (χ3n) is 2.14. The van der Waals surface area contributed by atoms with Crippen LogP contribution in [0.5, 0.6) is 0 Å². The molecule has 0 aromatic carbocycles. The molecule has 0 aliphatic heterocycles. The molecule has 6 nitrogen and oxygen atoms in total. The Morgan fingerprint density at radius 1 is 0.947 bits per heavy atom. The molecule has 0 amide bonds. The number of phosphoric acid groups is 1. The molecule has 19 heavy (non-hydrogen) atoms. The summed E-state index contributed by atoms with van der Waals surface area (Å²) in [6.45, 7) is 6.05. The predicted molar refractivity (Wildman–Crippen MR) is 71.9 cm³/mol. The molecule has 0 atom stereocenters. The molecule has 7 heteroatoms. The highest BCUT2D eigenvalue weighted by molar-refractivity contribution is 7.48. The number of hydrogen-bond acceptors (Lipinski definition) is 6. The molecule has 0 aromatic rings. The Morgan fingerprint density at radius 3 is 1.89 bits per heavy atom. The van der Waals surface area contributed by atoms with E-state index in [4.69, 9.17) is 18.3 Å².